The van der Waals surface area contributed by atoms with Gasteiger partial charge >= 0.3 is 6.09 Å². The maximum absolute atomic E-state index is 11.9. The van der Waals surface area contributed by atoms with E-state index >= 15 is 0 Å². The number of aldehydes is 1. The Bertz CT molecular complexity index is 291. The standard InChI is InChI=1S/C12H21NO3/c1-11(2,3)16-10(15)13-7-9(8-14)6-12(13,4)5/h8-9H,6-7H2,1-5H3. The average molecular weight is 227 g/mol. The summed E-state index contributed by atoms with van der Waals surface area (Å²) in [5.41, 5.74) is -0.791. The molecule has 4 heteroatoms. The molecule has 92 valence electrons. The predicted octanol–water partition coefficient (Wildman–Crippen LogP) is 2.22. The molecule has 0 aliphatic carbocycles. The fraction of sp³-hybridized carbons (Fsp3) is 0.833. The molecule has 4 nitrogen and oxygen atoms in total. The minimum absolute atomic E-state index is 0.0671. The number of nitrogens with zero attached hydrogens (tertiary/aromatic N) is 1. The largest absolute Gasteiger partial charge is 0.444 e. The van der Waals surface area contributed by atoms with Crippen molar-refractivity contribution < 1.29 is 14.3 Å². The Morgan fingerprint density at radius 1 is 1.44 bits per heavy atom. The lowest BCUT2D eigenvalue weighted by Crippen LogP contribution is -2.45. The Morgan fingerprint density at radius 3 is 2.38 bits per heavy atom. The van der Waals surface area contributed by atoms with Crippen molar-refractivity contribution in [2.75, 3.05) is 6.54 Å². The number of carbonyl (C=O) groups is 2. The summed E-state index contributed by atoms with van der Waals surface area (Å²) < 4.78 is 5.32. The van der Waals surface area contributed by atoms with E-state index < -0.39 is 5.60 Å². The van der Waals surface area contributed by atoms with Gasteiger partial charge < -0.3 is 14.4 Å². The van der Waals surface area contributed by atoms with E-state index in [9.17, 15) is 9.59 Å². The van der Waals surface area contributed by atoms with Crippen LogP contribution < -0.4 is 0 Å². The van der Waals surface area contributed by atoms with Crippen molar-refractivity contribution in [3.05, 3.63) is 0 Å². The van der Waals surface area contributed by atoms with Gasteiger partial charge in [-0.25, -0.2) is 4.79 Å². The first kappa shape index (κ1) is 13.0. The molecule has 0 radical (unpaired) electrons. The smallest absolute Gasteiger partial charge is 0.410 e. The Hall–Kier alpha value is -1.06. The van der Waals surface area contributed by atoms with E-state index in [4.69, 9.17) is 4.74 Å². The fourth-order valence-electron chi connectivity index (χ4n) is 2.03. The predicted molar refractivity (Wildman–Crippen MR) is 61.2 cm³/mol. The highest BCUT2D eigenvalue weighted by molar-refractivity contribution is 5.71. The van der Waals surface area contributed by atoms with Crippen LogP contribution in [0, 0.1) is 5.92 Å². The quantitative estimate of drug-likeness (QED) is 0.645. The number of carbonyl (C=O) groups excluding carboxylic acids is 2. The monoisotopic (exact) mass is 227 g/mol. The normalized spacial score (nSPS) is 24.3. The third-order valence-electron chi connectivity index (χ3n) is 2.72. The van der Waals surface area contributed by atoms with E-state index in [2.05, 4.69) is 0 Å². The number of hydrogen-bond acceptors (Lipinski definition) is 3. The topological polar surface area (TPSA) is 46.6 Å². The summed E-state index contributed by atoms with van der Waals surface area (Å²) in [5.74, 6) is -0.0671. The van der Waals surface area contributed by atoms with Crippen molar-refractivity contribution in [2.45, 2.75) is 52.2 Å². The van der Waals surface area contributed by atoms with Crippen LogP contribution in [0.15, 0.2) is 0 Å². The van der Waals surface area contributed by atoms with Crippen LogP contribution in [0.25, 0.3) is 0 Å². The minimum Gasteiger partial charge on any atom is -0.444 e. The number of likely N-dealkylation sites (tertiary alicyclic amines) is 1. The van der Waals surface area contributed by atoms with Crippen LogP contribution in [0.3, 0.4) is 0 Å². The van der Waals surface area contributed by atoms with E-state index in [0.29, 0.717) is 13.0 Å². The summed E-state index contributed by atoms with van der Waals surface area (Å²) in [4.78, 5) is 24.3. The molecule has 0 N–H and O–H groups in total. The number of rotatable bonds is 1. The molecule has 0 aromatic rings. The second-order valence-electron chi connectivity index (χ2n) is 6.00. The second-order valence-corrected chi connectivity index (χ2v) is 6.00. The number of ether oxygens (including phenoxy) is 1. The van der Waals surface area contributed by atoms with Gasteiger partial charge in [-0.15, -0.1) is 0 Å². The van der Waals surface area contributed by atoms with Gasteiger partial charge in [0, 0.05) is 18.0 Å². The van der Waals surface area contributed by atoms with E-state index in [0.717, 1.165) is 6.29 Å². The van der Waals surface area contributed by atoms with Crippen molar-refractivity contribution in [2.24, 2.45) is 5.92 Å². The lowest BCUT2D eigenvalue weighted by atomic mass is 9.97. The van der Waals surface area contributed by atoms with Crippen LogP contribution in [-0.4, -0.2) is 35.0 Å². The third kappa shape index (κ3) is 2.97. The van der Waals surface area contributed by atoms with Gasteiger partial charge in [0.1, 0.15) is 11.9 Å². The molecule has 1 fully saturated rings. The highest BCUT2D eigenvalue weighted by Crippen LogP contribution is 2.32. The Morgan fingerprint density at radius 2 is 2.00 bits per heavy atom. The molecule has 1 aliphatic rings. The highest BCUT2D eigenvalue weighted by Gasteiger charge is 2.42. The molecule has 1 aliphatic heterocycles. The van der Waals surface area contributed by atoms with Crippen molar-refractivity contribution in [1.82, 2.24) is 4.90 Å². The van der Waals surface area contributed by atoms with Crippen LogP contribution in [0.5, 0.6) is 0 Å². The Balaban J connectivity index is 2.73. The molecule has 1 atom stereocenters. The van der Waals surface area contributed by atoms with Gasteiger partial charge in [-0.3, -0.25) is 0 Å². The van der Waals surface area contributed by atoms with Crippen LogP contribution in [0.1, 0.15) is 41.0 Å². The van der Waals surface area contributed by atoms with E-state index in [1.54, 1.807) is 4.90 Å². The second kappa shape index (κ2) is 4.07. The minimum atomic E-state index is -0.494. The average Bonchev–Trinajstić information content (AvgIpc) is 2.37. The first-order chi connectivity index (χ1) is 7.15. The van der Waals surface area contributed by atoms with Gasteiger partial charge in [0.05, 0.1) is 0 Å². The molecule has 0 saturated carbocycles. The first-order valence-electron chi connectivity index (χ1n) is 5.61. The van der Waals surface area contributed by atoms with Gasteiger partial charge in [-0.05, 0) is 41.0 Å². The Kier molecular flexibility index (Phi) is 3.31. The summed E-state index contributed by atoms with van der Waals surface area (Å²) in [7, 11) is 0. The van der Waals surface area contributed by atoms with Gasteiger partial charge in [-0.1, -0.05) is 0 Å². The van der Waals surface area contributed by atoms with E-state index in [1.165, 1.54) is 0 Å². The van der Waals surface area contributed by atoms with Crippen LogP contribution in [0.2, 0.25) is 0 Å². The van der Waals surface area contributed by atoms with Crippen molar-refractivity contribution in [3.63, 3.8) is 0 Å². The molecule has 1 rings (SSSR count). The molecule has 0 aromatic heterocycles. The zero-order valence-corrected chi connectivity index (χ0v) is 10.7. The zero-order chi connectivity index (χ0) is 12.6. The van der Waals surface area contributed by atoms with Crippen molar-refractivity contribution in [3.8, 4) is 0 Å². The molecule has 1 saturated heterocycles. The molecule has 0 bridgehead atoms. The van der Waals surface area contributed by atoms with Gasteiger partial charge in [0.25, 0.3) is 0 Å². The molecular formula is C12H21NO3. The van der Waals surface area contributed by atoms with Crippen molar-refractivity contribution in [1.29, 1.82) is 0 Å². The van der Waals surface area contributed by atoms with E-state index in [1.807, 2.05) is 34.6 Å². The number of hydrogen-bond donors (Lipinski definition) is 0. The summed E-state index contributed by atoms with van der Waals surface area (Å²) in [6.45, 7) is 9.90. The maximum Gasteiger partial charge on any atom is 0.410 e. The lowest BCUT2D eigenvalue weighted by Gasteiger charge is -2.33. The first-order valence-corrected chi connectivity index (χ1v) is 5.61. The third-order valence-corrected chi connectivity index (χ3v) is 2.72. The maximum atomic E-state index is 11.9. The zero-order valence-electron chi connectivity index (χ0n) is 10.7. The molecule has 0 aromatic carbocycles. The van der Waals surface area contributed by atoms with Crippen molar-refractivity contribution >= 4 is 12.4 Å². The molecule has 0 spiro atoms. The van der Waals surface area contributed by atoms with Crippen LogP contribution >= 0.6 is 0 Å². The molecule has 1 unspecified atom stereocenters. The molecule has 1 heterocycles. The highest BCUT2D eigenvalue weighted by atomic mass is 16.6. The van der Waals surface area contributed by atoms with Gasteiger partial charge in [0.15, 0.2) is 0 Å². The van der Waals surface area contributed by atoms with Gasteiger partial charge in [-0.2, -0.15) is 0 Å². The summed E-state index contributed by atoms with van der Waals surface area (Å²) in [6.07, 6.45) is 1.30. The Labute approximate surface area is 96.9 Å². The summed E-state index contributed by atoms with van der Waals surface area (Å²) in [5, 5.41) is 0. The fourth-order valence-corrected chi connectivity index (χ4v) is 2.03. The molecular weight excluding hydrogens is 206 g/mol. The SMILES string of the molecule is CC(C)(C)OC(=O)N1CC(C=O)CC1(C)C. The van der Waals surface area contributed by atoms with Crippen LogP contribution in [-0.2, 0) is 9.53 Å². The molecule has 16 heavy (non-hydrogen) atoms. The van der Waals surface area contributed by atoms with Gasteiger partial charge in [0.2, 0.25) is 0 Å². The lowest BCUT2D eigenvalue weighted by molar-refractivity contribution is -0.110. The van der Waals surface area contributed by atoms with Crippen LogP contribution in [0.4, 0.5) is 4.79 Å². The molecule has 1 amide bonds. The van der Waals surface area contributed by atoms with E-state index in [-0.39, 0.29) is 17.6 Å². The number of amides is 1. The summed E-state index contributed by atoms with van der Waals surface area (Å²) >= 11 is 0. The summed E-state index contributed by atoms with van der Waals surface area (Å²) in [6, 6.07) is 0.